The van der Waals surface area contributed by atoms with E-state index < -0.39 is 0 Å². The molecule has 2 aromatic rings. The highest BCUT2D eigenvalue weighted by Crippen LogP contribution is 2.23. The van der Waals surface area contributed by atoms with Gasteiger partial charge in [0.2, 0.25) is 0 Å². The Morgan fingerprint density at radius 1 is 1.41 bits per heavy atom. The minimum Gasteiger partial charge on any atom is -0.220 e. The molecule has 1 aromatic carbocycles. The molecular formula is C12H13Cl2N3. The lowest BCUT2D eigenvalue weighted by Crippen LogP contribution is -1.97. The van der Waals surface area contributed by atoms with Crippen LogP contribution in [-0.2, 0) is 0 Å². The number of nitrogens with zero attached hydrogens (tertiary/aromatic N) is 3. The van der Waals surface area contributed by atoms with E-state index >= 15 is 0 Å². The highest BCUT2D eigenvalue weighted by molar-refractivity contribution is 6.30. The number of benzene rings is 1. The zero-order valence-electron chi connectivity index (χ0n) is 9.69. The fourth-order valence-electron chi connectivity index (χ4n) is 1.58. The van der Waals surface area contributed by atoms with Crippen LogP contribution in [-0.4, -0.2) is 15.0 Å². The molecule has 0 aliphatic rings. The van der Waals surface area contributed by atoms with Crippen molar-refractivity contribution in [3.8, 4) is 5.69 Å². The number of halogens is 2. The Bertz CT molecular complexity index is 522. The highest BCUT2D eigenvalue weighted by atomic mass is 35.5. The van der Waals surface area contributed by atoms with Gasteiger partial charge in [0.25, 0.3) is 0 Å². The second kappa shape index (κ2) is 5.07. The molecule has 17 heavy (non-hydrogen) atoms. The molecule has 0 fully saturated rings. The molecule has 90 valence electrons. The molecule has 0 radical (unpaired) electrons. The fourth-order valence-corrected chi connectivity index (χ4v) is 1.84. The molecule has 0 aliphatic carbocycles. The Labute approximate surface area is 110 Å². The summed E-state index contributed by atoms with van der Waals surface area (Å²) in [7, 11) is 0. The second-order valence-corrected chi connectivity index (χ2v) is 4.86. The standard InChI is InChI=1S/C12H13Cl2N3/c1-3-10(14)11-7-17(16-15-11)12-6-9(13)5-4-8(12)2/h4-7,10H,3H2,1-2H3. The van der Waals surface area contributed by atoms with Crippen LogP contribution in [0.15, 0.2) is 24.4 Å². The maximum Gasteiger partial charge on any atom is 0.101 e. The minimum atomic E-state index is -0.0942. The predicted molar refractivity (Wildman–Crippen MR) is 70.0 cm³/mol. The molecule has 0 bridgehead atoms. The lowest BCUT2D eigenvalue weighted by molar-refractivity contribution is 0.783. The molecule has 1 heterocycles. The van der Waals surface area contributed by atoms with Crippen LogP contribution in [0.2, 0.25) is 5.02 Å². The Morgan fingerprint density at radius 2 is 2.18 bits per heavy atom. The van der Waals surface area contributed by atoms with Gasteiger partial charge in [-0.3, -0.25) is 0 Å². The Morgan fingerprint density at radius 3 is 2.88 bits per heavy atom. The second-order valence-electron chi connectivity index (χ2n) is 3.89. The van der Waals surface area contributed by atoms with Gasteiger partial charge in [-0.2, -0.15) is 0 Å². The molecule has 5 heteroatoms. The van der Waals surface area contributed by atoms with Crippen molar-refractivity contribution < 1.29 is 0 Å². The van der Waals surface area contributed by atoms with Crippen molar-refractivity contribution in [1.82, 2.24) is 15.0 Å². The van der Waals surface area contributed by atoms with Crippen molar-refractivity contribution in [2.24, 2.45) is 0 Å². The van der Waals surface area contributed by atoms with Gasteiger partial charge in [-0.1, -0.05) is 29.8 Å². The van der Waals surface area contributed by atoms with Gasteiger partial charge in [0.15, 0.2) is 0 Å². The average Bonchev–Trinajstić information content (AvgIpc) is 2.80. The lowest BCUT2D eigenvalue weighted by atomic mass is 10.2. The Balaban J connectivity index is 2.40. The SMILES string of the molecule is CCC(Cl)c1cn(-c2cc(Cl)ccc2C)nn1. The van der Waals surface area contributed by atoms with Gasteiger partial charge in [-0.25, -0.2) is 4.68 Å². The molecule has 0 amide bonds. The molecule has 0 N–H and O–H groups in total. The van der Waals surface area contributed by atoms with Gasteiger partial charge in [-0.15, -0.1) is 16.7 Å². The molecule has 0 saturated carbocycles. The molecule has 0 aliphatic heterocycles. The maximum atomic E-state index is 6.12. The first-order valence-electron chi connectivity index (χ1n) is 5.44. The van der Waals surface area contributed by atoms with Gasteiger partial charge in [0.1, 0.15) is 5.69 Å². The molecule has 1 aromatic heterocycles. The number of aromatic nitrogens is 3. The molecule has 3 nitrogen and oxygen atoms in total. The van der Waals surface area contributed by atoms with E-state index in [-0.39, 0.29) is 5.38 Å². The van der Waals surface area contributed by atoms with Crippen LogP contribution in [0, 0.1) is 6.92 Å². The van der Waals surface area contributed by atoms with E-state index in [4.69, 9.17) is 23.2 Å². The molecule has 2 rings (SSSR count). The topological polar surface area (TPSA) is 30.7 Å². The zero-order valence-corrected chi connectivity index (χ0v) is 11.2. The van der Waals surface area contributed by atoms with Crippen LogP contribution in [0.4, 0.5) is 0 Å². The molecular weight excluding hydrogens is 257 g/mol. The maximum absolute atomic E-state index is 6.12. The van der Waals surface area contributed by atoms with Crippen molar-refractivity contribution in [2.45, 2.75) is 25.6 Å². The summed E-state index contributed by atoms with van der Waals surface area (Å²) in [6.07, 6.45) is 2.68. The van der Waals surface area contributed by atoms with Gasteiger partial charge in [-0.05, 0) is 31.0 Å². The van der Waals surface area contributed by atoms with Crippen molar-refractivity contribution in [2.75, 3.05) is 0 Å². The zero-order chi connectivity index (χ0) is 12.4. The Kier molecular flexibility index (Phi) is 3.69. The summed E-state index contributed by atoms with van der Waals surface area (Å²) in [6, 6.07) is 5.68. The fraction of sp³-hybridized carbons (Fsp3) is 0.333. The molecule has 0 saturated heterocycles. The molecule has 1 atom stereocenters. The minimum absolute atomic E-state index is 0.0942. The summed E-state index contributed by atoms with van der Waals surface area (Å²) in [4.78, 5) is 0. The summed E-state index contributed by atoms with van der Waals surface area (Å²) in [5.74, 6) is 0. The van der Waals surface area contributed by atoms with Gasteiger partial charge < -0.3 is 0 Å². The van der Waals surface area contributed by atoms with Crippen LogP contribution < -0.4 is 0 Å². The number of hydrogen-bond acceptors (Lipinski definition) is 2. The quantitative estimate of drug-likeness (QED) is 0.791. The third-order valence-corrected chi connectivity index (χ3v) is 3.38. The first-order chi connectivity index (χ1) is 8.11. The van der Waals surface area contributed by atoms with Gasteiger partial charge in [0.05, 0.1) is 17.3 Å². The van der Waals surface area contributed by atoms with Gasteiger partial charge in [0, 0.05) is 5.02 Å². The number of alkyl halides is 1. The summed E-state index contributed by atoms with van der Waals surface area (Å²) < 4.78 is 1.71. The van der Waals surface area contributed by atoms with Crippen LogP contribution >= 0.6 is 23.2 Å². The largest absolute Gasteiger partial charge is 0.220 e. The predicted octanol–water partition coefficient (Wildman–Crippen LogP) is 3.92. The van der Waals surface area contributed by atoms with E-state index in [1.807, 2.05) is 38.2 Å². The monoisotopic (exact) mass is 269 g/mol. The van der Waals surface area contributed by atoms with Gasteiger partial charge >= 0.3 is 0 Å². The van der Waals surface area contributed by atoms with Crippen LogP contribution in [0.25, 0.3) is 5.69 Å². The summed E-state index contributed by atoms with van der Waals surface area (Å²) in [5, 5.41) is 8.74. The summed E-state index contributed by atoms with van der Waals surface area (Å²) in [5.41, 5.74) is 2.80. The Hall–Kier alpha value is -1.06. The first kappa shape index (κ1) is 12.4. The first-order valence-corrected chi connectivity index (χ1v) is 6.26. The van der Waals surface area contributed by atoms with E-state index in [1.54, 1.807) is 4.68 Å². The van der Waals surface area contributed by atoms with Crippen molar-refractivity contribution >= 4 is 23.2 Å². The van der Waals surface area contributed by atoms with E-state index in [1.165, 1.54) is 0 Å². The lowest BCUT2D eigenvalue weighted by Gasteiger charge is -2.05. The van der Waals surface area contributed by atoms with E-state index in [0.29, 0.717) is 5.02 Å². The van der Waals surface area contributed by atoms with Crippen molar-refractivity contribution in [3.05, 3.63) is 40.7 Å². The number of hydrogen-bond donors (Lipinski definition) is 0. The van der Waals surface area contributed by atoms with Crippen molar-refractivity contribution in [3.63, 3.8) is 0 Å². The summed E-state index contributed by atoms with van der Waals surface area (Å²) >= 11 is 12.1. The van der Waals surface area contributed by atoms with Crippen LogP contribution in [0.5, 0.6) is 0 Å². The van der Waals surface area contributed by atoms with Crippen LogP contribution in [0.1, 0.15) is 30.0 Å². The highest BCUT2D eigenvalue weighted by Gasteiger charge is 2.11. The number of aryl methyl sites for hydroxylation is 1. The normalized spacial score (nSPS) is 12.7. The van der Waals surface area contributed by atoms with Crippen LogP contribution in [0.3, 0.4) is 0 Å². The molecule has 0 spiro atoms. The smallest absolute Gasteiger partial charge is 0.101 e. The average molecular weight is 270 g/mol. The van der Waals surface area contributed by atoms with E-state index in [2.05, 4.69) is 10.3 Å². The molecule has 1 unspecified atom stereocenters. The summed E-state index contributed by atoms with van der Waals surface area (Å²) in [6.45, 7) is 4.02. The van der Waals surface area contributed by atoms with E-state index in [0.717, 1.165) is 23.4 Å². The van der Waals surface area contributed by atoms with E-state index in [9.17, 15) is 0 Å². The number of rotatable bonds is 3. The third kappa shape index (κ3) is 2.61. The van der Waals surface area contributed by atoms with Crippen molar-refractivity contribution in [1.29, 1.82) is 0 Å². The third-order valence-electron chi connectivity index (χ3n) is 2.61.